The molecule has 0 aliphatic carbocycles. The average molecular weight is 315 g/mol. The lowest BCUT2D eigenvalue weighted by Crippen LogP contribution is -2.28. The van der Waals surface area contributed by atoms with Crippen molar-refractivity contribution in [1.82, 2.24) is 19.9 Å². The van der Waals surface area contributed by atoms with E-state index in [-0.39, 0.29) is 5.82 Å². The van der Waals surface area contributed by atoms with Crippen LogP contribution in [0.4, 0.5) is 10.1 Å². The summed E-state index contributed by atoms with van der Waals surface area (Å²) in [5, 5.41) is 16.6. The van der Waals surface area contributed by atoms with Gasteiger partial charge in [0.15, 0.2) is 0 Å². The van der Waals surface area contributed by atoms with Crippen LogP contribution in [0.5, 0.6) is 0 Å². The van der Waals surface area contributed by atoms with Crippen LogP contribution < -0.4 is 4.72 Å². The van der Waals surface area contributed by atoms with Crippen LogP contribution in [0.2, 0.25) is 0 Å². The second kappa shape index (κ2) is 5.54. The van der Waals surface area contributed by atoms with E-state index in [2.05, 4.69) is 19.9 Å². The number of sulfonamides is 1. The van der Waals surface area contributed by atoms with Gasteiger partial charge in [-0.15, -0.1) is 0 Å². The molecule has 1 aromatic heterocycles. The number of nitrogens with one attached hydrogen (secondary N) is 2. The fourth-order valence-corrected chi connectivity index (χ4v) is 2.86. The number of hydrogen-bond donors (Lipinski definition) is 2. The Bertz CT molecular complexity index is 762. The van der Waals surface area contributed by atoms with Gasteiger partial charge in [0.25, 0.3) is 5.69 Å². The Balaban J connectivity index is 2.29. The first kappa shape index (κ1) is 15.0. The Morgan fingerprint density at radius 2 is 2.19 bits per heavy atom. The third-order valence-electron chi connectivity index (χ3n) is 2.59. The number of benzene rings is 1. The molecule has 9 nitrogen and oxygen atoms in total. The molecule has 1 atom stereocenters. The van der Waals surface area contributed by atoms with E-state index < -0.39 is 37.4 Å². The number of rotatable bonds is 5. The number of non-ortho nitro benzene ring substituents is 1. The van der Waals surface area contributed by atoms with Gasteiger partial charge in [-0.25, -0.2) is 22.5 Å². The van der Waals surface area contributed by atoms with Crippen LogP contribution in [0.15, 0.2) is 29.4 Å². The van der Waals surface area contributed by atoms with Gasteiger partial charge in [-0.3, -0.25) is 15.2 Å². The fourth-order valence-electron chi connectivity index (χ4n) is 1.60. The first-order chi connectivity index (χ1) is 9.81. The van der Waals surface area contributed by atoms with Crippen molar-refractivity contribution in [3.8, 4) is 0 Å². The Labute approximate surface area is 118 Å². The lowest BCUT2D eigenvalue weighted by molar-refractivity contribution is -0.385. The van der Waals surface area contributed by atoms with Crippen molar-refractivity contribution in [2.75, 3.05) is 0 Å². The maximum atomic E-state index is 13.7. The summed E-state index contributed by atoms with van der Waals surface area (Å²) >= 11 is 0. The van der Waals surface area contributed by atoms with Crippen LogP contribution in [-0.4, -0.2) is 28.5 Å². The zero-order valence-electron chi connectivity index (χ0n) is 10.6. The first-order valence-electron chi connectivity index (χ1n) is 5.63. The zero-order valence-corrected chi connectivity index (χ0v) is 11.5. The van der Waals surface area contributed by atoms with Gasteiger partial charge in [-0.2, -0.15) is 5.10 Å². The highest BCUT2D eigenvalue weighted by atomic mass is 32.2. The Morgan fingerprint density at radius 1 is 1.48 bits per heavy atom. The van der Waals surface area contributed by atoms with E-state index in [0.29, 0.717) is 6.07 Å². The standard InChI is InChI=1S/C10H10FN5O4S/c1-6(10-12-5-13-14-10)15-21(19,20)9-3-2-7(16(17)18)4-8(9)11/h2-6,15H,1H3,(H,12,13,14). The lowest BCUT2D eigenvalue weighted by atomic mass is 10.3. The van der Waals surface area contributed by atoms with Crippen molar-refractivity contribution >= 4 is 15.7 Å². The third kappa shape index (κ3) is 3.20. The summed E-state index contributed by atoms with van der Waals surface area (Å²) < 4.78 is 40.0. The molecule has 0 radical (unpaired) electrons. The van der Waals surface area contributed by atoms with Crippen molar-refractivity contribution in [3.05, 3.63) is 46.3 Å². The van der Waals surface area contributed by atoms with Gasteiger partial charge in [-0.05, 0) is 13.0 Å². The predicted molar refractivity (Wildman–Crippen MR) is 68.2 cm³/mol. The predicted octanol–water partition coefficient (Wildman–Crippen LogP) is 0.891. The minimum atomic E-state index is -4.19. The molecule has 112 valence electrons. The molecule has 0 aliphatic rings. The van der Waals surface area contributed by atoms with E-state index in [1.165, 1.54) is 13.3 Å². The summed E-state index contributed by atoms with van der Waals surface area (Å²) in [4.78, 5) is 12.8. The van der Waals surface area contributed by atoms with Crippen LogP contribution in [0.3, 0.4) is 0 Å². The highest BCUT2D eigenvalue weighted by Gasteiger charge is 2.24. The van der Waals surface area contributed by atoms with E-state index in [1.54, 1.807) is 0 Å². The number of halogens is 1. The monoisotopic (exact) mass is 315 g/mol. The normalized spacial score (nSPS) is 13.0. The SMILES string of the molecule is CC(NS(=O)(=O)c1ccc([N+](=O)[O-])cc1F)c1ncn[nH]1. The molecule has 0 saturated heterocycles. The minimum absolute atomic E-state index is 0.251. The number of aromatic nitrogens is 3. The summed E-state index contributed by atoms with van der Waals surface area (Å²) in [7, 11) is -4.19. The molecule has 0 saturated carbocycles. The topological polar surface area (TPSA) is 131 Å². The van der Waals surface area contributed by atoms with Crippen LogP contribution in [0.1, 0.15) is 18.8 Å². The number of nitrogens with zero attached hydrogens (tertiary/aromatic N) is 3. The summed E-state index contributed by atoms with van der Waals surface area (Å²) in [5.41, 5.74) is -0.533. The minimum Gasteiger partial charge on any atom is -0.262 e. The zero-order chi connectivity index (χ0) is 15.6. The lowest BCUT2D eigenvalue weighted by Gasteiger charge is -2.12. The van der Waals surface area contributed by atoms with E-state index in [9.17, 15) is 22.9 Å². The maximum Gasteiger partial charge on any atom is 0.272 e. The summed E-state index contributed by atoms with van der Waals surface area (Å²) in [6.07, 6.45) is 1.20. The largest absolute Gasteiger partial charge is 0.272 e. The van der Waals surface area contributed by atoms with E-state index >= 15 is 0 Å². The maximum absolute atomic E-state index is 13.7. The number of hydrogen-bond acceptors (Lipinski definition) is 6. The molecule has 0 bridgehead atoms. The number of nitro groups is 1. The highest BCUT2D eigenvalue weighted by molar-refractivity contribution is 7.89. The third-order valence-corrected chi connectivity index (χ3v) is 4.17. The second-order valence-corrected chi connectivity index (χ2v) is 5.77. The van der Waals surface area contributed by atoms with Crippen molar-refractivity contribution in [1.29, 1.82) is 0 Å². The number of aromatic amines is 1. The van der Waals surface area contributed by atoms with Gasteiger partial charge < -0.3 is 0 Å². The number of H-pyrrole nitrogens is 1. The van der Waals surface area contributed by atoms with E-state index in [0.717, 1.165) is 12.1 Å². The van der Waals surface area contributed by atoms with Crippen molar-refractivity contribution in [3.63, 3.8) is 0 Å². The Kier molecular flexibility index (Phi) is 3.95. The summed E-state index contributed by atoms with van der Waals surface area (Å²) in [5.74, 6) is -0.956. The molecular formula is C10H10FN5O4S. The smallest absolute Gasteiger partial charge is 0.262 e. The van der Waals surface area contributed by atoms with Crippen molar-refractivity contribution in [2.24, 2.45) is 0 Å². The van der Waals surface area contributed by atoms with E-state index in [4.69, 9.17) is 0 Å². The molecule has 2 rings (SSSR count). The molecule has 0 fully saturated rings. The van der Waals surface area contributed by atoms with Crippen molar-refractivity contribution in [2.45, 2.75) is 17.9 Å². The second-order valence-electron chi connectivity index (χ2n) is 4.09. The molecule has 1 unspecified atom stereocenters. The molecule has 0 aliphatic heterocycles. The molecule has 0 amide bonds. The molecule has 1 heterocycles. The molecule has 2 aromatic rings. The molecule has 21 heavy (non-hydrogen) atoms. The fraction of sp³-hybridized carbons (Fsp3) is 0.200. The van der Waals surface area contributed by atoms with Gasteiger partial charge in [0.1, 0.15) is 22.9 Å². The molecule has 11 heteroatoms. The molecule has 0 spiro atoms. The van der Waals surface area contributed by atoms with Gasteiger partial charge in [-0.1, -0.05) is 0 Å². The number of nitro benzene ring substituents is 1. The summed E-state index contributed by atoms with van der Waals surface area (Å²) in [6, 6.07) is 1.53. The van der Waals surface area contributed by atoms with Gasteiger partial charge in [0.05, 0.1) is 17.0 Å². The Morgan fingerprint density at radius 3 is 2.71 bits per heavy atom. The Hall–Kier alpha value is -2.40. The van der Waals surface area contributed by atoms with Crippen LogP contribution in [0.25, 0.3) is 0 Å². The van der Waals surface area contributed by atoms with Crippen molar-refractivity contribution < 1.29 is 17.7 Å². The average Bonchev–Trinajstić information content (AvgIpc) is 2.91. The summed E-state index contributed by atoms with van der Waals surface area (Å²) in [6.45, 7) is 1.49. The molecule has 2 N–H and O–H groups in total. The first-order valence-corrected chi connectivity index (χ1v) is 7.11. The van der Waals surface area contributed by atoms with Crippen LogP contribution in [0, 0.1) is 15.9 Å². The van der Waals surface area contributed by atoms with Gasteiger partial charge in [0, 0.05) is 6.07 Å². The van der Waals surface area contributed by atoms with Gasteiger partial charge in [0.2, 0.25) is 10.0 Å². The molecule has 1 aromatic carbocycles. The quantitative estimate of drug-likeness (QED) is 0.622. The van der Waals surface area contributed by atoms with Crippen LogP contribution >= 0.6 is 0 Å². The van der Waals surface area contributed by atoms with Crippen LogP contribution in [-0.2, 0) is 10.0 Å². The molecular weight excluding hydrogens is 305 g/mol. The van der Waals surface area contributed by atoms with E-state index in [1.807, 2.05) is 0 Å². The highest BCUT2D eigenvalue weighted by Crippen LogP contribution is 2.21. The van der Waals surface area contributed by atoms with Gasteiger partial charge >= 0.3 is 0 Å².